The van der Waals surface area contributed by atoms with E-state index in [-0.39, 0.29) is 5.56 Å². The van der Waals surface area contributed by atoms with Crippen LogP contribution in [-0.2, 0) is 0 Å². The van der Waals surface area contributed by atoms with E-state index in [0.29, 0.717) is 18.1 Å². The monoisotopic (exact) mass is 409 g/mol. The predicted molar refractivity (Wildman–Crippen MR) is 102 cm³/mol. The molecule has 1 aromatic carbocycles. The first-order chi connectivity index (χ1) is 13.9. The lowest BCUT2D eigenvalue weighted by Gasteiger charge is -2.17. The summed E-state index contributed by atoms with van der Waals surface area (Å²) in [5.74, 6) is 5.52. The summed E-state index contributed by atoms with van der Waals surface area (Å²) < 4.78 is 60.8. The summed E-state index contributed by atoms with van der Waals surface area (Å²) in [5, 5.41) is 0. The van der Waals surface area contributed by atoms with Gasteiger partial charge in [-0.3, -0.25) is 0 Å². The minimum atomic E-state index is -4.59. The lowest BCUT2D eigenvalue weighted by Crippen LogP contribution is -2.33. The largest absolute Gasteiger partial charge is 0.492 e. The fourth-order valence-electron chi connectivity index (χ4n) is 2.42. The molecule has 0 aliphatic heterocycles. The SMILES string of the molecule is CCCCCCCOc1ccc(C#Cc2ccccc2OC(F)(F)C(F)F)nc1. The molecule has 2 rings (SSSR count). The highest BCUT2D eigenvalue weighted by Gasteiger charge is 2.44. The number of benzene rings is 1. The Morgan fingerprint density at radius 2 is 1.76 bits per heavy atom. The lowest BCUT2D eigenvalue weighted by molar-refractivity contribution is -0.253. The topological polar surface area (TPSA) is 31.4 Å². The number of hydrogen-bond acceptors (Lipinski definition) is 3. The molecule has 1 heterocycles. The van der Waals surface area contributed by atoms with E-state index in [1.54, 1.807) is 18.2 Å². The van der Waals surface area contributed by atoms with E-state index in [9.17, 15) is 17.6 Å². The van der Waals surface area contributed by atoms with Gasteiger partial charge in [0.2, 0.25) is 0 Å². The van der Waals surface area contributed by atoms with Crippen molar-refractivity contribution in [2.24, 2.45) is 0 Å². The second-order valence-corrected chi connectivity index (χ2v) is 6.35. The van der Waals surface area contributed by atoms with Crippen molar-refractivity contribution in [3.8, 4) is 23.3 Å². The molecule has 7 heteroatoms. The Bertz CT molecular complexity index is 814. The number of aromatic nitrogens is 1. The van der Waals surface area contributed by atoms with Gasteiger partial charge < -0.3 is 9.47 Å². The summed E-state index contributed by atoms with van der Waals surface area (Å²) in [5.41, 5.74) is 0.442. The van der Waals surface area contributed by atoms with E-state index >= 15 is 0 Å². The standard InChI is InChI=1S/C22H23F4NO2/c1-2-3-4-5-8-15-28-19-14-13-18(27-16-19)12-11-17-9-6-7-10-20(17)29-22(25,26)21(23)24/h6-7,9-10,13-14,16,21H,2-5,8,15H2,1H3. The Morgan fingerprint density at radius 1 is 1.00 bits per heavy atom. The van der Waals surface area contributed by atoms with Gasteiger partial charge in [-0.2, -0.15) is 17.6 Å². The van der Waals surface area contributed by atoms with Crippen LogP contribution < -0.4 is 9.47 Å². The van der Waals surface area contributed by atoms with Crippen molar-refractivity contribution < 1.29 is 27.0 Å². The second-order valence-electron chi connectivity index (χ2n) is 6.35. The molecule has 0 atom stereocenters. The number of hydrogen-bond donors (Lipinski definition) is 0. The molecule has 0 spiro atoms. The molecule has 0 radical (unpaired) electrons. The van der Waals surface area contributed by atoms with E-state index in [2.05, 4.69) is 28.5 Å². The molecule has 0 amide bonds. The minimum Gasteiger partial charge on any atom is -0.492 e. The third kappa shape index (κ3) is 7.65. The maximum atomic E-state index is 13.2. The van der Waals surface area contributed by atoms with Gasteiger partial charge in [-0.25, -0.2) is 4.98 Å². The van der Waals surface area contributed by atoms with Crippen molar-refractivity contribution in [3.05, 3.63) is 53.9 Å². The van der Waals surface area contributed by atoms with Crippen LogP contribution in [0.2, 0.25) is 0 Å². The van der Waals surface area contributed by atoms with Crippen LogP contribution in [-0.4, -0.2) is 24.1 Å². The molecule has 1 aromatic heterocycles. The van der Waals surface area contributed by atoms with Crippen LogP contribution in [0.1, 0.15) is 50.3 Å². The van der Waals surface area contributed by atoms with Crippen molar-refractivity contribution in [1.82, 2.24) is 4.98 Å². The van der Waals surface area contributed by atoms with Gasteiger partial charge in [0.1, 0.15) is 17.2 Å². The Kier molecular flexibility index (Phi) is 8.78. The Balaban J connectivity index is 1.96. The van der Waals surface area contributed by atoms with Crippen LogP contribution >= 0.6 is 0 Å². The minimum absolute atomic E-state index is 0.0574. The number of halogens is 4. The van der Waals surface area contributed by atoms with Crippen LogP contribution in [0.3, 0.4) is 0 Å². The number of nitrogens with zero attached hydrogens (tertiary/aromatic N) is 1. The van der Waals surface area contributed by atoms with Crippen LogP contribution in [0.5, 0.6) is 11.5 Å². The van der Waals surface area contributed by atoms with E-state index in [1.807, 2.05) is 0 Å². The summed E-state index contributed by atoms with van der Waals surface area (Å²) in [6.07, 6.45) is -1.29. The summed E-state index contributed by atoms with van der Waals surface area (Å²) in [6, 6.07) is 8.86. The van der Waals surface area contributed by atoms with Gasteiger partial charge in [-0.1, -0.05) is 50.7 Å². The van der Waals surface area contributed by atoms with E-state index in [4.69, 9.17) is 4.74 Å². The molecule has 0 unspecified atom stereocenters. The van der Waals surface area contributed by atoms with Crippen LogP contribution in [0.4, 0.5) is 17.6 Å². The number of rotatable bonds is 10. The fraction of sp³-hybridized carbons (Fsp3) is 0.409. The lowest BCUT2D eigenvalue weighted by atomic mass is 10.2. The molecule has 0 saturated carbocycles. The van der Waals surface area contributed by atoms with Crippen molar-refractivity contribution in [2.45, 2.75) is 51.6 Å². The van der Waals surface area contributed by atoms with E-state index in [1.165, 1.54) is 37.6 Å². The molecule has 0 saturated heterocycles. The van der Waals surface area contributed by atoms with Gasteiger partial charge in [-0.15, -0.1) is 0 Å². The summed E-state index contributed by atoms with van der Waals surface area (Å²) >= 11 is 0. The first-order valence-electron chi connectivity index (χ1n) is 9.47. The number of ether oxygens (including phenoxy) is 2. The number of para-hydroxylation sites is 1. The van der Waals surface area contributed by atoms with E-state index < -0.39 is 18.3 Å². The van der Waals surface area contributed by atoms with Gasteiger partial charge in [0.25, 0.3) is 0 Å². The van der Waals surface area contributed by atoms with Crippen LogP contribution in [0, 0.1) is 11.8 Å². The summed E-state index contributed by atoms with van der Waals surface area (Å²) in [6.45, 7) is 2.77. The molecule has 0 aliphatic carbocycles. The highest BCUT2D eigenvalue weighted by Crippen LogP contribution is 2.29. The Hall–Kier alpha value is -2.75. The van der Waals surface area contributed by atoms with Crippen LogP contribution in [0.15, 0.2) is 42.6 Å². The summed E-state index contributed by atoms with van der Waals surface area (Å²) in [7, 11) is 0. The average Bonchev–Trinajstić information content (AvgIpc) is 2.70. The summed E-state index contributed by atoms with van der Waals surface area (Å²) in [4.78, 5) is 4.15. The van der Waals surface area contributed by atoms with Gasteiger partial charge >= 0.3 is 12.5 Å². The number of alkyl halides is 4. The van der Waals surface area contributed by atoms with Gasteiger partial charge in [0, 0.05) is 0 Å². The highest BCUT2D eigenvalue weighted by molar-refractivity contribution is 5.48. The van der Waals surface area contributed by atoms with Gasteiger partial charge in [0.05, 0.1) is 18.4 Å². The average molecular weight is 409 g/mol. The molecule has 0 aliphatic rings. The Morgan fingerprint density at radius 3 is 2.45 bits per heavy atom. The third-order valence-corrected chi connectivity index (χ3v) is 3.97. The molecule has 156 valence electrons. The van der Waals surface area contributed by atoms with E-state index in [0.717, 1.165) is 18.9 Å². The van der Waals surface area contributed by atoms with Crippen LogP contribution in [0.25, 0.3) is 0 Å². The van der Waals surface area contributed by atoms with Crippen molar-refractivity contribution in [2.75, 3.05) is 6.61 Å². The van der Waals surface area contributed by atoms with Gasteiger partial charge in [-0.05, 0) is 36.6 Å². The normalized spacial score (nSPS) is 11.1. The smallest absolute Gasteiger partial charge is 0.461 e. The number of unbranched alkanes of at least 4 members (excludes halogenated alkanes) is 4. The van der Waals surface area contributed by atoms with Gasteiger partial charge in [0.15, 0.2) is 0 Å². The first kappa shape index (κ1) is 22.5. The zero-order valence-corrected chi connectivity index (χ0v) is 16.1. The molecule has 0 N–H and O–H groups in total. The van der Waals surface area contributed by atoms with Crippen molar-refractivity contribution >= 4 is 0 Å². The molecule has 29 heavy (non-hydrogen) atoms. The maximum Gasteiger partial charge on any atom is 0.461 e. The second kappa shape index (κ2) is 11.3. The predicted octanol–water partition coefficient (Wildman–Crippen LogP) is 6.07. The maximum absolute atomic E-state index is 13.2. The first-order valence-corrected chi connectivity index (χ1v) is 9.47. The number of pyridine rings is 1. The quantitative estimate of drug-likeness (QED) is 0.271. The molecular formula is C22H23F4NO2. The molecular weight excluding hydrogens is 386 g/mol. The molecule has 0 fully saturated rings. The Labute approximate surface area is 168 Å². The third-order valence-electron chi connectivity index (χ3n) is 3.97. The van der Waals surface area contributed by atoms with Crippen molar-refractivity contribution in [1.29, 1.82) is 0 Å². The highest BCUT2D eigenvalue weighted by atomic mass is 19.3. The zero-order chi connectivity index (χ0) is 21.1. The molecule has 2 aromatic rings. The fourth-order valence-corrected chi connectivity index (χ4v) is 2.42. The zero-order valence-electron chi connectivity index (χ0n) is 16.1. The molecule has 0 bridgehead atoms. The van der Waals surface area contributed by atoms with Crippen molar-refractivity contribution in [3.63, 3.8) is 0 Å². The molecule has 3 nitrogen and oxygen atoms in total.